The summed E-state index contributed by atoms with van der Waals surface area (Å²) in [7, 11) is -1.87. The van der Waals surface area contributed by atoms with E-state index in [-0.39, 0.29) is 11.3 Å². The molecule has 4 nitrogen and oxygen atoms in total. The fourth-order valence-corrected chi connectivity index (χ4v) is 3.65. The maximum Gasteiger partial charge on any atom is 0.337 e. The van der Waals surface area contributed by atoms with Crippen LogP contribution in [0.4, 0.5) is 0 Å². The monoisotopic (exact) mass is 266 g/mol. The van der Waals surface area contributed by atoms with Gasteiger partial charge in [0.05, 0.1) is 23.3 Å². The summed E-state index contributed by atoms with van der Waals surface area (Å²) in [6.45, 7) is 3.66. The third-order valence-corrected chi connectivity index (χ3v) is 4.93. The fourth-order valence-electron chi connectivity index (χ4n) is 2.07. The van der Waals surface area contributed by atoms with Gasteiger partial charge in [0.25, 0.3) is 0 Å². The second kappa shape index (κ2) is 4.57. The number of fused-ring (bicyclic) bond motifs is 1. The van der Waals surface area contributed by atoms with Gasteiger partial charge in [0.2, 0.25) is 0 Å². The number of hydrogen-bond acceptors (Lipinski definition) is 4. The second-order valence-corrected chi connectivity index (χ2v) is 6.29. The van der Waals surface area contributed by atoms with Gasteiger partial charge in [-0.25, -0.2) is 13.2 Å². The van der Waals surface area contributed by atoms with Crippen molar-refractivity contribution in [2.75, 3.05) is 12.9 Å². The molecule has 0 amide bonds. The van der Waals surface area contributed by atoms with Crippen LogP contribution in [0.3, 0.4) is 0 Å². The molecule has 1 aromatic carbocycles. The van der Waals surface area contributed by atoms with E-state index < -0.39 is 15.8 Å². The Morgan fingerprint density at radius 3 is 2.78 bits per heavy atom. The molecule has 0 saturated heterocycles. The number of aryl methyl sites for hydroxylation is 1. The molecule has 0 spiro atoms. The summed E-state index contributed by atoms with van der Waals surface area (Å²) in [5, 5.41) is 0. The number of hydrogen-bond donors (Lipinski definition) is 0. The minimum atomic E-state index is -3.16. The molecule has 0 radical (unpaired) electrons. The Hall–Kier alpha value is -1.62. The minimum Gasteiger partial charge on any atom is -0.465 e. The third kappa shape index (κ3) is 2.18. The van der Waals surface area contributed by atoms with Crippen LogP contribution in [-0.2, 0) is 25.8 Å². The molecule has 0 unspecified atom stereocenters. The number of carbonyl (C=O) groups excluding carboxylic acids is 1. The SMILES string of the molecule is C=C(C(=O)OC)c1ccc2c(c1)CCCS2(=O)=O. The molecule has 1 aromatic rings. The molecule has 0 N–H and O–H groups in total. The first-order chi connectivity index (χ1) is 8.45. The minimum absolute atomic E-state index is 0.192. The number of sulfone groups is 1. The number of benzene rings is 1. The van der Waals surface area contributed by atoms with Crippen LogP contribution in [0.15, 0.2) is 29.7 Å². The standard InChI is InChI=1S/C13H14O4S/c1-9(13(14)17-2)10-5-6-12-11(8-10)4-3-7-18(12,15)16/h5-6,8H,1,3-4,7H2,2H3. The molecule has 0 bridgehead atoms. The lowest BCUT2D eigenvalue weighted by molar-refractivity contribution is -0.133. The molecule has 1 heterocycles. The van der Waals surface area contributed by atoms with Crippen molar-refractivity contribution < 1.29 is 17.9 Å². The number of methoxy groups -OCH3 is 1. The Kier molecular flexibility index (Phi) is 3.26. The summed E-state index contributed by atoms with van der Waals surface area (Å²) < 4.78 is 28.3. The first-order valence-corrected chi connectivity index (χ1v) is 7.24. The molecular weight excluding hydrogens is 252 g/mol. The molecule has 5 heteroatoms. The zero-order valence-corrected chi connectivity index (χ0v) is 10.9. The average Bonchev–Trinajstić information content (AvgIpc) is 2.36. The van der Waals surface area contributed by atoms with Crippen LogP contribution in [0.2, 0.25) is 0 Å². The van der Waals surface area contributed by atoms with Gasteiger partial charge in [0.15, 0.2) is 9.84 Å². The van der Waals surface area contributed by atoms with Crippen LogP contribution in [0.1, 0.15) is 17.5 Å². The van der Waals surface area contributed by atoms with Gasteiger partial charge in [-0.3, -0.25) is 0 Å². The van der Waals surface area contributed by atoms with Crippen molar-refractivity contribution in [2.24, 2.45) is 0 Å². The Balaban J connectivity index is 2.46. The summed E-state index contributed by atoms with van der Waals surface area (Å²) in [5.74, 6) is -0.314. The van der Waals surface area contributed by atoms with E-state index in [2.05, 4.69) is 11.3 Å². The van der Waals surface area contributed by atoms with Crippen molar-refractivity contribution in [1.29, 1.82) is 0 Å². The van der Waals surface area contributed by atoms with E-state index in [9.17, 15) is 13.2 Å². The van der Waals surface area contributed by atoms with E-state index in [1.54, 1.807) is 18.2 Å². The van der Waals surface area contributed by atoms with Crippen molar-refractivity contribution in [2.45, 2.75) is 17.7 Å². The van der Waals surface area contributed by atoms with Gasteiger partial charge in [0.1, 0.15) is 0 Å². The van der Waals surface area contributed by atoms with E-state index in [4.69, 9.17) is 0 Å². The van der Waals surface area contributed by atoms with E-state index in [0.717, 1.165) is 5.56 Å². The molecule has 18 heavy (non-hydrogen) atoms. The van der Waals surface area contributed by atoms with Gasteiger partial charge in [-0.1, -0.05) is 12.6 Å². The van der Waals surface area contributed by atoms with Gasteiger partial charge in [-0.05, 0) is 36.1 Å². The van der Waals surface area contributed by atoms with Gasteiger partial charge in [0, 0.05) is 0 Å². The van der Waals surface area contributed by atoms with Gasteiger partial charge in [-0.15, -0.1) is 0 Å². The molecule has 1 aliphatic heterocycles. The highest BCUT2D eigenvalue weighted by Crippen LogP contribution is 2.28. The quantitative estimate of drug-likeness (QED) is 0.602. The smallest absolute Gasteiger partial charge is 0.337 e. The Morgan fingerprint density at radius 2 is 2.11 bits per heavy atom. The fraction of sp³-hybridized carbons (Fsp3) is 0.308. The summed E-state index contributed by atoms with van der Waals surface area (Å²) >= 11 is 0. The number of rotatable bonds is 2. The lowest BCUT2D eigenvalue weighted by atomic mass is 10.0. The first-order valence-electron chi connectivity index (χ1n) is 5.59. The van der Waals surface area contributed by atoms with E-state index in [0.29, 0.717) is 23.3 Å². The molecule has 0 fully saturated rings. The molecule has 0 aliphatic carbocycles. The lowest BCUT2D eigenvalue weighted by Gasteiger charge is -2.17. The Bertz CT molecular complexity index is 614. The molecule has 0 atom stereocenters. The van der Waals surface area contributed by atoms with E-state index >= 15 is 0 Å². The van der Waals surface area contributed by atoms with Crippen LogP contribution < -0.4 is 0 Å². The molecule has 1 aliphatic rings. The highest BCUT2D eigenvalue weighted by atomic mass is 32.2. The van der Waals surface area contributed by atoms with Crippen molar-refractivity contribution in [3.05, 3.63) is 35.9 Å². The molecule has 2 rings (SSSR count). The van der Waals surface area contributed by atoms with Crippen LogP contribution in [0, 0.1) is 0 Å². The predicted octanol–water partition coefficient (Wildman–Crippen LogP) is 1.59. The van der Waals surface area contributed by atoms with Crippen LogP contribution >= 0.6 is 0 Å². The molecule has 0 aromatic heterocycles. The number of esters is 1. The molecular formula is C13H14O4S. The Morgan fingerprint density at radius 1 is 1.39 bits per heavy atom. The van der Waals surface area contributed by atoms with Crippen molar-refractivity contribution in [3.63, 3.8) is 0 Å². The summed E-state index contributed by atoms with van der Waals surface area (Å²) in [6, 6.07) is 4.86. The Labute approximate surface area is 106 Å². The largest absolute Gasteiger partial charge is 0.465 e. The van der Waals surface area contributed by atoms with Gasteiger partial charge in [-0.2, -0.15) is 0 Å². The maximum atomic E-state index is 11.8. The second-order valence-electron chi connectivity index (χ2n) is 4.22. The van der Waals surface area contributed by atoms with Crippen molar-refractivity contribution >= 4 is 21.4 Å². The topological polar surface area (TPSA) is 60.4 Å². The average molecular weight is 266 g/mol. The van der Waals surface area contributed by atoms with Crippen LogP contribution in [0.5, 0.6) is 0 Å². The highest BCUT2D eigenvalue weighted by Gasteiger charge is 2.24. The van der Waals surface area contributed by atoms with Crippen molar-refractivity contribution in [1.82, 2.24) is 0 Å². The summed E-state index contributed by atoms with van der Waals surface area (Å²) in [5.41, 5.74) is 1.60. The van der Waals surface area contributed by atoms with Crippen molar-refractivity contribution in [3.8, 4) is 0 Å². The van der Waals surface area contributed by atoms with Gasteiger partial charge >= 0.3 is 5.97 Å². The maximum absolute atomic E-state index is 11.8. The molecule has 0 saturated carbocycles. The van der Waals surface area contributed by atoms with Crippen LogP contribution in [-0.4, -0.2) is 27.2 Å². The van der Waals surface area contributed by atoms with Gasteiger partial charge < -0.3 is 4.74 Å². The zero-order valence-electron chi connectivity index (χ0n) is 10.1. The van der Waals surface area contributed by atoms with E-state index in [1.807, 2.05) is 0 Å². The highest BCUT2D eigenvalue weighted by molar-refractivity contribution is 7.91. The molecule has 96 valence electrons. The lowest BCUT2D eigenvalue weighted by Crippen LogP contribution is -2.16. The number of carbonyl (C=O) groups is 1. The predicted molar refractivity (Wildman–Crippen MR) is 67.9 cm³/mol. The zero-order chi connectivity index (χ0) is 13.3. The summed E-state index contributed by atoms with van der Waals surface area (Å²) in [6.07, 6.45) is 1.32. The first kappa shape index (κ1) is 12.8. The van der Waals surface area contributed by atoms with Crippen LogP contribution in [0.25, 0.3) is 5.57 Å². The third-order valence-electron chi connectivity index (χ3n) is 3.03. The summed E-state index contributed by atoms with van der Waals surface area (Å²) in [4.78, 5) is 11.7. The number of ether oxygens (including phenoxy) is 1. The van der Waals surface area contributed by atoms with E-state index in [1.165, 1.54) is 7.11 Å². The normalized spacial score (nSPS) is 16.7.